The molecule has 1 saturated heterocycles. The molecule has 0 amide bonds. The molecule has 1 fully saturated rings. The molecule has 3 N–H and O–H groups in total. The second-order valence-electron chi connectivity index (χ2n) is 6.17. The Morgan fingerprint density at radius 2 is 2.12 bits per heavy atom. The van der Waals surface area contributed by atoms with Crippen molar-refractivity contribution >= 4 is 37.6 Å². The summed E-state index contributed by atoms with van der Waals surface area (Å²) in [5.74, 6) is -0.751. The first-order valence-electron chi connectivity index (χ1n) is 8.12. The number of nitrogens with zero attached hydrogens (tertiary/aromatic N) is 1. The number of benzene rings is 1. The van der Waals surface area contributed by atoms with Gasteiger partial charge in [0.15, 0.2) is 0 Å². The van der Waals surface area contributed by atoms with Crippen molar-refractivity contribution in [1.82, 2.24) is 4.31 Å². The fraction of sp³-hybridized carbons (Fsp3) is 0.562. The molecule has 146 valence electrons. The average molecular weight is 421 g/mol. The molecule has 0 saturated carbocycles. The van der Waals surface area contributed by atoms with Crippen molar-refractivity contribution in [1.29, 1.82) is 0 Å². The molecule has 0 radical (unpaired) electrons. The number of aliphatic carboxylic acids is 1. The van der Waals surface area contributed by atoms with Crippen LogP contribution in [0.1, 0.15) is 12.0 Å². The summed E-state index contributed by atoms with van der Waals surface area (Å²) >= 11 is 0. The number of hydrogen-bond donors (Lipinski definition) is 2. The molecule has 0 bridgehead atoms. The predicted octanol–water partition coefficient (Wildman–Crippen LogP) is 1.40. The monoisotopic (exact) mass is 420 g/mol. The van der Waals surface area contributed by atoms with E-state index in [1.165, 1.54) is 32.1 Å². The summed E-state index contributed by atoms with van der Waals surface area (Å²) in [6.45, 7) is 1.17. The minimum atomic E-state index is -3.32. The molecule has 0 aliphatic carbocycles. The standard InChI is InChI=1S/C16H24N2O5S3/c1-26(21,22)18-8-14(25-24-11-15(17)16(19)20)7-13(18)10-23-9-12-5-3-2-4-6-12/h2-6,13-15H,7-11,17H2,1H3,(H,19,20)/t13-,14+,15-/m0/s1. The average Bonchev–Trinajstić information content (AvgIpc) is 2.99. The Labute approximate surface area is 162 Å². The van der Waals surface area contributed by atoms with Crippen molar-refractivity contribution in [3.8, 4) is 0 Å². The van der Waals surface area contributed by atoms with E-state index in [4.69, 9.17) is 15.6 Å². The van der Waals surface area contributed by atoms with E-state index in [2.05, 4.69) is 0 Å². The predicted molar refractivity (Wildman–Crippen MR) is 106 cm³/mol. The molecule has 1 aliphatic heterocycles. The lowest BCUT2D eigenvalue weighted by Gasteiger charge is -2.21. The Balaban J connectivity index is 1.84. The van der Waals surface area contributed by atoms with Crippen LogP contribution < -0.4 is 5.73 Å². The summed E-state index contributed by atoms with van der Waals surface area (Å²) in [5.41, 5.74) is 6.53. The van der Waals surface area contributed by atoms with E-state index >= 15 is 0 Å². The molecule has 0 aromatic heterocycles. The van der Waals surface area contributed by atoms with E-state index in [0.717, 1.165) is 5.56 Å². The van der Waals surface area contributed by atoms with Crippen LogP contribution in [0, 0.1) is 0 Å². The van der Waals surface area contributed by atoms with Crippen LogP contribution in [0.3, 0.4) is 0 Å². The third kappa shape index (κ3) is 6.75. The zero-order chi connectivity index (χ0) is 19.2. The highest BCUT2D eigenvalue weighted by Gasteiger charge is 2.38. The van der Waals surface area contributed by atoms with Gasteiger partial charge in [-0.1, -0.05) is 51.9 Å². The second-order valence-corrected chi connectivity index (χ2v) is 10.8. The summed E-state index contributed by atoms with van der Waals surface area (Å²) in [5, 5.41) is 8.89. The molecule has 1 heterocycles. The summed E-state index contributed by atoms with van der Waals surface area (Å²) in [6, 6.07) is 8.60. The molecule has 0 spiro atoms. The first-order valence-corrected chi connectivity index (χ1v) is 12.4. The quantitative estimate of drug-likeness (QED) is 0.547. The highest BCUT2D eigenvalue weighted by Crippen LogP contribution is 2.36. The Kier molecular flexibility index (Phi) is 8.24. The second kappa shape index (κ2) is 9.95. The highest BCUT2D eigenvalue weighted by atomic mass is 33.1. The third-order valence-corrected chi connectivity index (χ3v) is 8.12. The smallest absolute Gasteiger partial charge is 0.321 e. The Hall–Kier alpha value is -0.780. The summed E-state index contributed by atoms with van der Waals surface area (Å²) < 4.78 is 31.3. The number of carboxylic acid groups (broad SMARTS) is 1. The third-order valence-electron chi connectivity index (χ3n) is 3.94. The van der Waals surface area contributed by atoms with Crippen molar-refractivity contribution in [2.24, 2.45) is 5.73 Å². The van der Waals surface area contributed by atoms with Gasteiger partial charge in [0.25, 0.3) is 0 Å². The molecule has 1 aliphatic rings. The molecule has 2 rings (SSSR count). The number of rotatable bonds is 10. The molecule has 10 heteroatoms. The maximum absolute atomic E-state index is 12.1. The van der Waals surface area contributed by atoms with Gasteiger partial charge in [-0.2, -0.15) is 4.31 Å². The number of carboxylic acids is 1. The van der Waals surface area contributed by atoms with Gasteiger partial charge in [-0.05, 0) is 12.0 Å². The molecule has 3 atom stereocenters. The number of hydrogen-bond acceptors (Lipinski definition) is 7. The van der Waals surface area contributed by atoms with Crippen LogP contribution in [0.15, 0.2) is 30.3 Å². The van der Waals surface area contributed by atoms with Gasteiger partial charge >= 0.3 is 5.97 Å². The molecular formula is C16H24N2O5S3. The van der Waals surface area contributed by atoms with Crippen LogP contribution in [-0.2, 0) is 26.2 Å². The largest absolute Gasteiger partial charge is 0.480 e. The van der Waals surface area contributed by atoms with Gasteiger partial charge in [-0.15, -0.1) is 0 Å². The molecule has 1 aromatic carbocycles. The molecule has 0 unspecified atom stereocenters. The van der Waals surface area contributed by atoms with Crippen molar-refractivity contribution in [2.75, 3.05) is 25.2 Å². The lowest BCUT2D eigenvalue weighted by Crippen LogP contribution is -2.37. The van der Waals surface area contributed by atoms with Crippen molar-refractivity contribution in [3.63, 3.8) is 0 Å². The van der Waals surface area contributed by atoms with E-state index in [1.807, 2.05) is 30.3 Å². The first-order chi connectivity index (χ1) is 12.3. The van der Waals surface area contributed by atoms with Crippen LogP contribution in [0.2, 0.25) is 0 Å². The summed E-state index contributed by atoms with van der Waals surface area (Å²) in [6.07, 6.45) is 1.87. The van der Waals surface area contributed by atoms with Crippen LogP contribution >= 0.6 is 21.6 Å². The maximum Gasteiger partial charge on any atom is 0.321 e. The lowest BCUT2D eigenvalue weighted by atomic mass is 10.2. The highest BCUT2D eigenvalue weighted by molar-refractivity contribution is 8.77. The minimum Gasteiger partial charge on any atom is -0.480 e. The number of ether oxygens (including phenoxy) is 1. The Morgan fingerprint density at radius 3 is 2.73 bits per heavy atom. The van der Waals surface area contributed by atoms with Crippen molar-refractivity contribution < 1.29 is 23.1 Å². The molecule has 1 aromatic rings. The summed E-state index contributed by atoms with van der Waals surface area (Å²) in [7, 11) is -0.457. The Morgan fingerprint density at radius 1 is 1.42 bits per heavy atom. The Bertz CT molecular complexity index is 686. The van der Waals surface area contributed by atoms with Crippen molar-refractivity contribution in [2.45, 2.75) is 30.4 Å². The minimum absolute atomic E-state index is 0.0843. The van der Waals surface area contributed by atoms with Gasteiger partial charge in [0.2, 0.25) is 10.0 Å². The fourth-order valence-electron chi connectivity index (χ4n) is 2.64. The van der Waals surface area contributed by atoms with Gasteiger partial charge in [0.05, 0.1) is 19.5 Å². The van der Waals surface area contributed by atoms with Gasteiger partial charge in [-0.25, -0.2) is 8.42 Å². The van der Waals surface area contributed by atoms with Crippen molar-refractivity contribution in [3.05, 3.63) is 35.9 Å². The van der Waals surface area contributed by atoms with E-state index in [1.54, 1.807) is 0 Å². The lowest BCUT2D eigenvalue weighted by molar-refractivity contribution is -0.137. The molecular weight excluding hydrogens is 396 g/mol. The van der Waals surface area contributed by atoms with Crippen LogP contribution in [0.25, 0.3) is 0 Å². The first kappa shape index (κ1) is 21.5. The van der Waals surface area contributed by atoms with Crippen LogP contribution in [-0.4, -0.2) is 66.3 Å². The molecule has 7 nitrogen and oxygen atoms in total. The molecule has 26 heavy (non-hydrogen) atoms. The van der Waals surface area contributed by atoms with E-state index in [0.29, 0.717) is 26.2 Å². The number of carbonyl (C=O) groups is 1. The normalized spacial score (nSPS) is 22.4. The zero-order valence-corrected chi connectivity index (χ0v) is 16.9. The number of nitrogens with two attached hydrogens (primary N) is 1. The maximum atomic E-state index is 12.1. The van der Waals surface area contributed by atoms with E-state index in [-0.39, 0.29) is 17.0 Å². The van der Waals surface area contributed by atoms with Gasteiger partial charge in [-0.3, -0.25) is 4.79 Å². The zero-order valence-electron chi connectivity index (χ0n) is 14.5. The van der Waals surface area contributed by atoms with E-state index in [9.17, 15) is 13.2 Å². The van der Waals surface area contributed by atoms with Gasteiger partial charge in [0, 0.05) is 23.6 Å². The number of sulfonamides is 1. The summed E-state index contributed by atoms with van der Waals surface area (Å²) in [4.78, 5) is 10.7. The van der Waals surface area contributed by atoms with E-state index < -0.39 is 22.0 Å². The SMILES string of the molecule is CS(=O)(=O)N1C[C@H](SSC[C@H](N)C(=O)O)C[C@H]1COCc1ccccc1. The van der Waals surface area contributed by atoms with Crippen LogP contribution in [0.5, 0.6) is 0 Å². The van der Waals surface area contributed by atoms with Gasteiger partial charge in [0.1, 0.15) is 6.04 Å². The van der Waals surface area contributed by atoms with Gasteiger partial charge < -0.3 is 15.6 Å². The topological polar surface area (TPSA) is 110 Å². The van der Waals surface area contributed by atoms with Crippen LogP contribution in [0.4, 0.5) is 0 Å². The fourth-order valence-corrected chi connectivity index (χ4v) is 6.63.